The predicted molar refractivity (Wildman–Crippen MR) is 90.0 cm³/mol. The van der Waals surface area contributed by atoms with Crippen LogP contribution in [0.15, 0.2) is 24.3 Å². The van der Waals surface area contributed by atoms with E-state index in [1.807, 2.05) is 30.1 Å². The third-order valence-corrected chi connectivity index (χ3v) is 5.63. The van der Waals surface area contributed by atoms with Gasteiger partial charge in [-0.05, 0) is 24.5 Å². The van der Waals surface area contributed by atoms with Gasteiger partial charge in [0, 0.05) is 38.9 Å². The van der Waals surface area contributed by atoms with E-state index in [1.54, 1.807) is 4.90 Å². The highest BCUT2D eigenvalue weighted by Gasteiger charge is 2.51. The standard InChI is InChI=1S/C18H23N3O3/c1-20-14-5-3-2-4-13(14)18(17(20)23)6-9-21(10-7-18)16(22)15-12-19-8-11-24-15/h2-5,15,19H,6-12H2,1H3. The fourth-order valence-corrected chi connectivity index (χ4v) is 4.24. The lowest BCUT2D eigenvalue weighted by molar-refractivity contribution is -0.148. The molecule has 1 aromatic rings. The summed E-state index contributed by atoms with van der Waals surface area (Å²) in [5.74, 6) is 0.204. The summed E-state index contributed by atoms with van der Waals surface area (Å²) in [6, 6.07) is 8.02. The number of fused-ring (bicyclic) bond motifs is 2. The molecule has 1 spiro atoms. The van der Waals surface area contributed by atoms with E-state index in [2.05, 4.69) is 11.4 Å². The first kappa shape index (κ1) is 15.6. The summed E-state index contributed by atoms with van der Waals surface area (Å²) >= 11 is 0. The largest absolute Gasteiger partial charge is 0.366 e. The van der Waals surface area contributed by atoms with Crippen LogP contribution in [0, 0.1) is 0 Å². The van der Waals surface area contributed by atoms with Crippen LogP contribution >= 0.6 is 0 Å². The number of carbonyl (C=O) groups excluding carboxylic acids is 2. The van der Waals surface area contributed by atoms with E-state index in [0.29, 0.717) is 39.1 Å². The van der Waals surface area contributed by atoms with Gasteiger partial charge < -0.3 is 19.9 Å². The Balaban J connectivity index is 1.51. The third kappa shape index (κ3) is 2.24. The normalized spacial score (nSPS) is 25.9. The summed E-state index contributed by atoms with van der Waals surface area (Å²) in [6.07, 6.45) is 0.972. The maximum absolute atomic E-state index is 12.9. The van der Waals surface area contributed by atoms with Crippen molar-refractivity contribution in [2.45, 2.75) is 24.4 Å². The first-order valence-electron chi connectivity index (χ1n) is 8.62. The van der Waals surface area contributed by atoms with Crippen molar-refractivity contribution in [3.8, 4) is 0 Å². The molecule has 2 fully saturated rings. The van der Waals surface area contributed by atoms with Crippen molar-refractivity contribution in [1.29, 1.82) is 0 Å². The van der Waals surface area contributed by atoms with Gasteiger partial charge in [0.1, 0.15) is 6.10 Å². The molecule has 0 aliphatic carbocycles. The van der Waals surface area contributed by atoms with Crippen molar-refractivity contribution in [1.82, 2.24) is 10.2 Å². The molecule has 2 amide bonds. The van der Waals surface area contributed by atoms with Crippen molar-refractivity contribution in [3.05, 3.63) is 29.8 Å². The summed E-state index contributed by atoms with van der Waals surface area (Å²) in [6.45, 7) is 3.15. The number of anilines is 1. The van der Waals surface area contributed by atoms with Crippen molar-refractivity contribution in [3.63, 3.8) is 0 Å². The van der Waals surface area contributed by atoms with Crippen LogP contribution in [0.1, 0.15) is 18.4 Å². The van der Waals surface area contributed by atoms with Gasteiger partial charge in [-0.2, -0.15) is 0 Å². The molecule has 4 rings (SSSR count). The van der Waals surface area contributed by atoms with E-state index < -0.39 is 5.41 Å². The number of morpholine rings is 1. The Morgan fingerprint density at radius 3 is 2.75 bits per heavy atom. The van der Waals surface area contributed by atoms with E-state index in [9.17, 15) is 9.59 Å². The SMILES string of the molecule is CN1C(=O)C2(CCN(C(=O)C3CNCCO3)CC2)c2ccccc21. The van der Waals surface area contributed by atoms with Gasteiger partial charge in [-0.3, -0.25) is 9.59 Å². The minimum Gasteiger partial charge on any atom is -0.366 e. The van der Waals surface area contributed by atoms with Gasteiger partial charge in [0.15, 0.2) is 0 Å². The van der Waals surface area contributed by atoms with E-state index in [0.717, 1.165) is 17.8 Å². The Bertz CT molecular complexity index is 661. The molecule has 3 aliphatic heterocycles. The van der Waals surface area contributed by atoms with Gasteiger partial charge in [0.2, 0.25) is 5.91 Å². The first-order chi connectivity index (χ1) is 11.6. The van der Waals surface area contributed by atoms with Crippen LogP contribution in [0.25, 0.3) is 0 Å². The molecule has 6 nitrogen and oxygen atoms in total. The monoisotopic (exact) mass is 329 g/mol. The minimum absolute atomic E-state index is 0.0455. The number of rotatable bonds is 1. The Morgan fingerprint density at radius 2 is 2.04 bits per heavy atom. The topological polar surface area (TPSA) is 61.9 Å². The summed E-state index contributed by atoms with van der Waals surface area (Å²) in [5.41, 5.74) is 1.65. The van der Waals surface area contributed by atoms with E-state index in [4.69, 9.17) is 4.74 Å². The Kier molecular flexibility index (Phi) is 3.81. The second-order valence-corrected chi connectivity index (χ2v) is 6.85. The number of benzene rings is 1. The molecular formula is C18H23N3O3. The van der Waals surface area contributed by atoms with Gasteiger partial charge >= 0.3 is 0 Å². The van der Waals surface area contributed by atoms with Crippen LogP contribution in [-0.2, 0) is 19.7 Å². The molecule has 1 atom stereocenters. The molecule has 24 heavy (non-hydrogen) atoms. The first-order valence-corrected chi connectivity index (χ1v) is 8.62. The Labute approximate surface area is 141 Å². The van der Waals surface area contributed by atoms with Crippen molar-refractivity contribution in [2.24, 2.45) is 0 Å². The van der Waals surface area contributed by atoms with Crippen molar-refractivity contribution in [2.75, 3.05) is 44.7 Å². The Morgan fingerprint density at radius 1 is 1.29 bits per heavy atom. The molecule has 1 unspecified atom stereocenters. The molecule has 0 bridgehead atoms. The lowest BCUT2D eigenvalue weighted by Crippen LogP contribution is -2.54. The van der Waals surface area contributed by atoms with Crippen molar-refractivity contribution >= 4 is 17.5 Å². The number of para-hydroxylation sites is 1. The molecule has 3 aliphatic rings. The third-order valence-electron chi connectivity index (χ3n) is 5.63. The molecule has 128 valence electrons. The van der Waals surface area contributed by atoms with Gasteiger partial charge in [0.25, 0.3) is 5.91 Å². The highest BCUT2D eigenvalue weighted by molar-refractivity contribution is 6.08. The van der Waals surface area contributed by atoms with Gasteiger partial charge in [-0.1, -0.05) is 18.2 Å². The lowest BCUT2D eigenvalue weighted by Gasteiger charge is -2.40. The maximum Gasteiger partial charge on any atom is 0.253 e. The number of nitrogens with zero attached hydrogens (tertiary/aromatic N) is 2. The van der Waals surface area contributed by atoms with E-state index in [1.165, 1.54) is 0 Å². The maximum atomic E-state index is 12.9. The second-order valence-electron chi connectivity index (χ2n) is 6.85. The summed E-state index contributed by atoms with van der Waals surface area (Å²) < 4.78 is 5.58. The minimum atomic E-state index is -0.464. The molecule has 2 saturated heterocycles. The van der Waals surface area contributed by atoms with Gasteiger partial charge in [0.05, 0.1) is 12.0 Å². The number of amides is 2. The molecule has 0 aromatic heterocycles. The number of carbonyl (C=O) groups is 2. The Hall–Kier alpha value is -1.92. The number of ether oxygens (including phenoxy) is 1. The number of nitrogens with one attached hydrogen (secondary N) is 1. The number of hydrogen-bond donors (Lipinski definition) is 1. The average Bonchev–Trinajstić information content (AvgIpc) is 2.85. The fourth-order valence-electron chi connectivity index (χ4n) is 4.24. The molecule has 0 radical (unpaired) electrons. The van der Waals surface area contributed by atoms with Crippen LogP contribution < -0.4 is 10.2 Å². The zero-order chi connectivity index (χ0) is 16.7. The molecule has 1 aromatic carbocycles. The highest BCUT2D eigenvalue weighted by atomic mass is 16.5. The number of piperidine rings is 1. The number of hydrogen-bond acceptors (Lipinski definition) is 4. The van der Waals surface area contributed by atoms with Crippen LogP contribution in [0.4, 0.5) is 5.69 Å². The molecular weight excluding hydrogens is 306 g/mol. The summed E-state index contributed by atoms with van der Waals surface area (Å²) in [4.78, 5) is 29.1. The summed E-state index contributed by atoms with van der Waals surface area (Å²) in [7, 11) is 1.84. The van der Waals surface area contributed by atoms with Crippen LogP contribution in [0.3, 0.4) is 0 Å². The molecule has 3 heterocycles. The van der Waals surface area contributed by atoms with Gasteiger partial charge in [-0.15, -0.1) is 0 Å². The quantitative estimate of drug-likeness (QED) is 0.816. The average molecular weight is 329 g/mol. The summed E-state index contributed by atoms with van der Waals surface area (Å²) in [5, 5.41) is 3.20. The van der Waals surface area contributed by atoms with Crippen LogP contribution in [0.5, 0.6) is 0 Å². The van der Waals surface area contributed by atoms with E-state index in [-0.39, 0.29) is 17.9 Å². The number of likely N-dealkylation sites (N-methyl/N-ethyl adjacent to an activating group) is 1. The van der Waals surface area contributed by atoms with Gasteiger partial charge in [-0.25, -0.2) is 0 Å². The predicted octanol–water partition coefficient (Wildman–Crippen LogP) is 0.512. The lowest BCUT2D eigenvalue weighted by atomic mass is 9.73. The van der Waals surface area contributed by atoms with E-state index >= 15 is 0 Å². The number of likely N-dealkylation sites (tertiary alicyclic amines) is 1. The van der Waals surface area contributed by atoms with Crippen molar-refractivity contribution < 1.29 is 14.3 Å². The fraction of sp³-hybridized carbons (Fsp3) is 0.556. The molecule has 6 heteroatoms. The smallest absolute Gasteiger partial charge is 0.253 e. The highest BCUT2D eigenvalue weighted by Crippen LogP contribution is 2.47. The van der Waals surface area contributed by atoms with Crippen LogP contribution in [0.2, 0.25) is 0 Å². The molecule has 0 saturated carbocycles. The zero-order valence-corrected chi connectivity index (χ0v) is 14.0. The second kappa shape index (κ2) is 5.86. The van der Waals surface area contributed by atoms with Crippen LogP contribution in [-0.4, -0.2) is 62.7 Å². The zero-order valence-electron chi connectivity index (χ0n) is 14.0. The molecule has 1 N–H and O–H groups in total.